The van der Waals surface area contributed by atoms with Gasteiger partial charge in [-0.05, 0) is 25.5 Å². The normalized spacial score (nSPS) is 16.2. The van der Waals surface area contributed by atoms with Crippen LogP contribution in [0.25, 0.3) is 11.5 Å². The van der Waals surface area contributed by atoms with Gasteiger partial charge in [0, 0.05) is 57.3 Å². The summed E-state index contributed by atoms with van der Waals surface area (Å²) in [5.74, 6) is 1.95. The van der Waals surface area contributed by atoms with E-state index in [-0.39, 0.29) is 17.3 Å². The van der Waals surface area contributed by atoms with E-state index in [4.69, 9.17) is 0 Å². The maximum absolute atomic E-state index is 12.2. The van der Waals surface area contributed by atoms with E-state index in [0.717, 1.165) is 34.7 Å². The van der Waals surface area contributed by atoms with E-state index in [2.05, 4.69) is 20.3 Å². The molecule has 0 radical (unpaired) electrons. The monoisotopic (exact) mass is 393 g/mol. The molecule has 0 unspecified atom stereocenters. The minimum absolute atomic E-state index is 0.139. The zero-order valence-electron chi connectivity index (χ0n) is 16.7. The lowest BCUT2D eigenvalue weighted by Gasteiger charge is -2.22. The van der Waals surface area contributed by atoms with Gasteiger partial charge < -0.3 is 10.2 Å². The molecule has 1 fully saturated rings. The third kappa shape index (κ3) is 3.75. The van der Waals surface area contributed by atoms with Gasteiger partial charge in [-0.2, -0.15) is 0 Å². The molecular weight excluding hydrogens is 370 g/mol. The summed E-state index contributed by atoms with van der Waals surface area (Å²) in [6.07, 6.45) is 2.59. The summed E-state index contributed by atoms with van der Waals surface area (Å²) in [7, 11) is 3.17. The number of hydrogen-bond acceptors (Lipinski definition) is 7. The van der Waals surface area contributed by atoms with Crippen LogP contribution in [0.5, 0.6) is 0 Å². The summed E-state index contributed by atoms with van der Waals surface area (Å²) in [5, 5.41) is 3.46. The Hall–Kier alpha value is -3.49. The predicted octanol–water partition coefficient (Wildman–Crippen LogP) is 0.935. The average molecular weight is 393 g/mol. The Kier molecular flexibility index (Phi) is 4.87. The fourth-order valence-corrected chi connectivity index (χ4v) is 3.57. The molecule has 1 aliphatic rings. The lowest BCUT2D eigenvalue weighted by atomic mass is 10.2. The first kappa shape index (κ1) is 18.9. The Morgan fingerprint density at radius 2 is 1.93 bits per heavy atom. The van der Waals surface area contributed by atoms with Gasteiger partial charge in [0.05, 0.1) is 0 Å². The van der Waals surface area contributed by atoms with Crippen LogP contribution >= 0.6 is 0 Å². The Morgan fingerprint density at radius 3 is 2.69 bits per heavy atom. The van der Waals surface area contributed by atoms with Crippen molar-refractivity contribution in [3.05, 3.63) is 63.1 Å². The molecule has 3 aromatic heterocycles. The number of nitrogens with one attached hydrogen (secondary N) is 1. The molecule has 1 N–H and O–H groups in total. The van der Waals surface area contributed by atoms with Crippen LogP contribution in [-0.4, -0.2) is 43.2 Å². The average Bonchev–Trinajstić information content (AvgIpc) is 3.17. The first-order valence-corrected chi connectivity index (χ1v) is 9.48. The van der Waals surface area contributed by atoms with Crippen LogP contribution in [0.1, 0.15) is 12.1 Å². The lowest BCUT2D eigenvalue weighted by molar-refractivity contribution is 0.672. The molecule has 3 aromatic rings. The van der Waals surface area contributed by atoms with Crippen LogP contribution in [0.15, 0.2) is 46.1 Å². The van der Waals surface area contributed by atoms with Gasteiger partial charge in [0.2, 0.25) is 0 Å². The minimum Gasteiger partial charge on any atom is -0.365 e. The quantitative estimate of drug-likeness (QED) is 0.704. The van der Waals surface area contributed by atoms with Crippen molar-refractivity contribution in [2.24, 2.45) is 14.1 Å². The maximum Gasteiger partial charge on any atom is 0.332 e. The summed E-state index contributed by atoms with van der Waals surface area (Å²) < 4.78 is 2.62. The lowest BCUT2D eigenvalue weighted by Crippen LogP contribution is -2.40. The van der Waals surface area contributed by atoms with Gasteiger partial charge in [0.1, 0.15) is 17.3 Å². The van der Waals surface area contributed by atoms with Crippen molar-refractivity contribution in [2.75, 3.05) is 23.3 Å². The van der Waals surface area contributed by atoms with Gasteiger partial charge in [0.25, 0.3) is 5.56 Å². The Morgan fingerprint density at radius 1 is 1.10 bits per heavy atom. The Labute approximate surface area is 167 Å². The molecule has 0 aliphatic carbocycles. The Balaban J connectivity index is 1.54. The highest BCUT2D eigenvalue weighted by atomic mass is 16.2. The van der Waals surface area contributed by atoms with Gasteiger partial charge in [-0.15, -0.1) is 0 Å². The van der Waals surface area contributed by atoms with E-state index in [9.17, 15) is 9.59 Å². The summed E-state index contributed by atoms with van der Waals surface area (Å²) >= 11 is 0. The van der Waals surface area contributed by atoms with Crippen LogP contribution in [0, 0.1) is 6.92 Å². The second-order valence-corrected chi connectivity index (χ2v) is 7.25. The summed E-state index contributed by atoms with van der Waals surface area (Å²) in [6, 6.07) is 9.20. The summed E-state index contributed by atoms with van der Waals surface area (Å²) in [4.78, 5) is 39.7. The van der Waals surface area contributed by atoms with Crippen molar-refractivity contribution >= 4 is 11.6 Å². The van der Waals surface area contributed by atoms with E-state index in [0.29, 0.717) is 18.2 Å². The van der Waals surface area contributed by atoms with E-state index < -0.39 is 0 Å². The molecule has 9 nitrogen and oxygen atoms in total. The minimum atomic E-state index is -0.324. The number of anilines is 2. The molecule has 0 amide bonds. The van der Waals surface area contributed by atoms with Crippen LogP contribution < -0.4 is 21.5 Å². The smallest absolute Gasteiger partial charge is 0.332 e. The van der Waals surface area contributed by atoms with E-state index in [1.807, 2.05) is 36.1 Å². The van der Waals surface area contributed by atoms with Crippen molar-refractivity contribution in [3.63, 3.8) is 0 Å². The van der Waals surface area contributed by atoms with Crippen molar-refractivity contribution in [1.82, 2.24) is 24.1 Å². The van der Waals surface area contributed by atoms with Crippen molar-refractivity contribution < 1.29 is 0 Å². The molecule has 1 aliphatic heterocycles. The maximum atomic E-state index is 12.2. The predicted molar refractivity (Wildman–Crippen MR) is 111 cm³/mol. The molecule has 150 valence electrons. The number of hydrogen-bond donors (Lipinski definition) is 1. The Bertz CT molecular complexity index is 1150. The van der Waals surface area contributed by atoms with Crippen molar-refractivity contribution in [1.29, 1.82) is 0 Å². The van der Waals surface area contributed by atoms with Crippen LogP contribution in [0.3, 0.4) is 0 Å². The molecule has 0 aromatic carbocycles. The molecule has 9 heteroatoms. The number of aromatic nitrogens is 5. The van der Waals surface area contributed by atoms with Crippen molar-refractivity contribution in [2.45, 2.75) is 19.4 Å². The third-order valence-corrected chi connectivity index (χ3v) is 5.11. The second-order valence-electron chi connectivity index (χ2n) is 7.25. The number of rotatable bonds is 4. The summed E-state index contributed by atoms with van der Waals surface area (Å²) in [6.45, 7) is 3.34. The largest absolute Gasteiger partial charge is 0.365 e. The van der Waals surface area contributed by atoms with E-state index in [1.54, 1.807) is 13.2 Å². The van der Waals surface area contributed by atoms with Gasteiger partial charge in [0.15, 0.2) is 5.82 Å². The SMILES string of the molecule is Cc1cc(N[C@@H]2CCN(c3cc(=O)n(C)c(=O)n3C)C2)nc(-c2ccccn2)n1. The fourth-order valence-electron chi connectivity index (χ4n) is 3.57. The van der Waals surface area contributed by atoms with Gasteiger partial charge in [-0.25, -0.2) is 14.8 Å². The van der Waals surface area contributed by atoms with Crippen LogP contribution in [0.4, 0.5) is 11.6 Å². The fraction of sp³-hybridized carbons (Fsp3) is 0.350. The molecule has 0 bridgehead atoms. The highest BCUT2D eigenvalue weighted by Gasteiger charge is 2.25. The number of nitrogens with zero attached hydrogens (tertiary/aromatic N) is 6. The molecule has 29 heavy (non-hydrogen) atoms. The van der Waals surface area contributed by atoms with Crippen LogP contribution in [0.2, 0.25) is 0 Å². The highest BCUT2D eigenvalue weighted by Crippen LogP contribution is 2.21. The van der Waals surface area contributed by atoms with Gasteiger partial charge in [-0.3, -0.25) is 18.9 Å². The number of pyridine rings is 1. The first-order valence-electron chi connectivity index (χ1n) is 9.48. The zero-order chi connectivity index (χ0) is 20.5. The molecule has 1 atom stereocenters. The van der Waals surface area contributed by atoms with Gasteiger partial charge >= 0.3 is 5.69 Å². The third-order valence-electron chi connectivity index (χ3n) is 5.11. The number of aryl methyl sites for hydroxylation is 1. The zero-order valence-corrected chi connectivity index (χ0v) is 16.7. The topological polar surface area (TPSA) is 97.9 Å². The molecular formula is C20H23N7O2. The highest BCUT2D eigenvalue weighted by molar-refractivity contribution is 5.53. The molecule has 1 saturated heterocycles. The van der Waals surface area contributed by atoms with Crippen LogP contribution in [-0.2, 0) is 14.1 Å². The molecule has 0 spiro atoms. The van der Waals surface area contributed by atoms with E-state index >= 15 is 0 Å². The van der Waals surface area contributed by atoms with Crippen molar-refractivity contribution in [3.8, 4) is 11.5 Å². The second kappa shape index (κ2) is 7.50. The first-order chi connectivity index (χ1) is 13.9. The standard InChI is InChI=1S/C20H23N7O2/c1-13-10-16(24-19(22-13)15-6-4-5-8-21-15)23-14-7-9-27(12-14)17-11-18(28)26(3)20(29)25(17)2/h4-6,8,10-11,14H,7,9,12H2,1-3H3,(H,22,23,24)/t14-/m1/s1. The van der Waals surface area contributed by atoms with Gasteiger partial charge in [-0.1, -0.05) is 6.07 Å². The molecule has 4 rings (SSSR count). The molecule has 4 heterocycles. The van der Waals surface area contributed by atoms with E-state index in [1.165, 1.54) is 17.7 Å². The summed E-state index contributed by atoms with van der Waals surface area (Å²) in [5.41, 5.74) is 0.954. The molecule has 0 saturated carbocycles.